The molecule has 0 saturated heterocycles. The average molecular weight is 330 g/mol. The van der Waals surface area contributed by atoms with E-state index in [2.05, 4.69) is 21.5 Å². The zero-order valence-electron chi connectivity index (χ0n) is 11.7. The van der Waals surface area contributed by atoms with Gasteiger partial charge in [-0.05, 0) is 12.5 Å². The van der Waals surface area contributed by atoms with Crippen LogP contribution in [-0.2, 0) is 20.8 Å². The van der Waals surface area contributed by atoms with E-state index in [0.29, 0.717) is 24.2 Å². The van der Waals surface area contributed by atoms with Crippen LogP contribution in [0.1, 0.15) is 18.4 Å². The predicted octanol–water partition coefficient (Wildman–Crippen LogP) is -0.138. The van der Waals surface area contributed by atoms with Crippen molar-refractivity contribution in [1.82, 2.24) is 9.71 Å². The Kier molecular flexibility index (Phi) is 7.53. The predicted molar refractivity (Wildman–Crippen MR) is 81.6 cm³/mol. The number of hydrogen-bond donors (Lipinski definition) is 2. The van der Waals surface area contributed by atoms with Crippen LogP contribution >= 0.6 is 0 Å². The molecule has 0 amide bonds. The third-order valence-electron chi connectivity index (χ3n) is 2.39. The maximum atomic E-state index is 12.0. The summed E-state index contributed by atoms with van der Waals surface area (Å²) >= 11 is 0. The molecular weight excluding hydrogens is 312 g/mol. The molecule has 0 bridgehead atoms. The van der Waals surface area contributed by atoms with Crippen molar-refractivity contribution in [3.8, 4) is 11.8 Å². The maximum absolute atomic E-state index is 12.0. The normalized spacial score (nSPS) is 12.5. The number of nitrogens with one attached hydrogen (secondary N) is 1. The van der Waals surface area contributed by atoms with Gasteiger partial charge in [0.05, 0.1) is 6.61 Å². The van der Waals surface area contributed by atoms with E-state index < -0.39 is 20.8 Å². The largest absolute Gasteiger partial charge is 0.395 e. The van der Waals surface area contributed by atoms with E-state index in [1.54, 1.807) is 6.26 Å². The number of sulfonamides is 1. The van der Waals surface area contributed by atoms with Gasteiger partial charge in [-0.15, -0.1) is 0 Å². The molecule has 6 nitrogen and oxygen atoms in total. The number of aromatic nitrogens is 1. The smallest absolute Gasteiger partial charge is 0.242 e. The zero-order valence-corrected chi connectivity index (χ0v) is 13.3. The van der Waals surface area contributed by atoms with Crippen LogP contribution in [0, 0.1) is 11.8 Å². The summed E-state index contributed by atoms with van der Waals surface area (Å²) in [7, 11) is -4.57. The van der Waals surface area contributed by atoms with Crippen LogP contribution in [0.3, 0.4) is 0 Å². The Bertz CT molecular complexity index is 648. The number of rotatable bonds is 7. The highest BCUT2D eigenvalue weighted by atomic mass is 32.2. The van der Waals surface area contributed by atoms with Gasteiger partial charge in [-0.3, -0.25) is 9.19 Å². The van der Waals surface area contributed by atoms with E-state index in [4.69, 9.17) is 5.11 Å². The summed E-state index contributed by atoms with van der Waals surface area (Å²) in [5.41, 5.74) is 0.473. The van der Waals surface area contributed by atoms with Crippen molar-refractivity contribution in [2.24, 2.45) is 0 Å². The summed E-state index contributed by atoms with van der Waals surface area (Å²) in [6.07, 6.45) is 5.11. The molecule has 116 valence electrons. The molecule has 0 aliphatic rings. The molecule has 1 atom stereocenters. The van der Waals surface area contributed by atoms with E-state index in [1.807, 2.05) is 0 Å². The van der Waals surface area contributed by atoms with Crippen LogP contribution in [0.2, 0.25) is 0 Å². The van der Waals surface area contributed by atoms with Gasteiger partial charge < -0.3 is 5.11 Å². The average Bonchev–Trinajstić information content (AvgIpc) is 2.44. The third-order valence-corrected chi connectivity index (χ3v) is 4.69. The van der Waals surface area contributed by atoms with E-state index in [0.717, 1.165) is 0 Å². The fourth-order valence-corrected chi connectivity index (χ4v) is 3.03. The first-order chi connectivity index (χ1) is 9.95. The monoisotopic (exact) mass is 330 g/mol. The molecule has 1 aromatic rings. The summed E-state index contributed by atoms with van der Waals surface area (Å²) in [4.78, 5) is 3.89. The van der Waals surface area contributed by atoms with Gasteiger partial charge in [0.25, 0.3) is 0 Å². The number of aliphatic hydroxyl groups is 1. The minimum atomic E-state index is -3.64. The first-order valence-corrected chi connectivity index (χ1v) is 9.51. The van der Waals surface area contributed by atoms with Gasteiger partial charge in [-0.25, -0.2) is 13.1 Å². The lowest BCUT2D eigenvalue weighted by atomic mass is 10.3. The molecule has 0 spiro atoms. The molecule has 0 aliphatic heterocycles. The van der Waals surface area contributed by atoms with E-state index >= 15 is 0 Å². The Morgan fingerprint density at radius 1 is 1.43 bits per heavy atom. The summed E-state index contributed by atoms with van der Waals surface area (Å²) in [6.45, 7) is 0.182. The number of nitrogens with zero attached hydrogens (tertiary/aromatic N) is 1. The highest BCUT2D eigenvalue weighted by molar-refractivity contribution is 7.89. The molecule has 21 heavy (non-hydrogen) atoms. The number of aliphatic hydroxyl groups excluding tert-OH is 1. The summed E-state index contributed by atoms with van der Waals surface area (Å²) in [6, 6.07) is 1.43. The van der Waals surface area contributed by atoms with E-state index in [1.165, 1.54) is 18.5 Å². The van der Waals surface area contributed by atoms with Crippen molar-refractivity contribution in [2.75, 3.05) is 25.2 Å². The standard InChI is InChI=1S/C13H18N2O4S2/c1-20(17)8-4-6-15-21(18,19)13-9-12(10-14-11-13)5-2-3-7-16/h9-11,15-16H,3-4,6-8H2,1H3. The second-order valence-electron chi connectivity index (χ2n) is 4.21. The molecular formula is C13H18N2O4S2. The minimum Gasteiger partial charge on any atom is -0.395 e. The molecule has 1 heterocycles. The Balaban J connectivity index is 2.73. The lowest BCUT2D eigenvalue weighted by Gasteiger charge is -2.06. The molecule has 2 N–H and O–H groups in total. The van der Waals surface area contributed by atoms with Crippen LogP contribution in [0.4, 0.5) is 0 Å². The lowest BCUT2D eigenvalue weighted by Crippen LogP contribution is -2.25. The van der Waals surface area contributed by atoms with Crippen LogP contribution in [-0.4, -0.2) is 47.9 Å². The quantitative estimate of drug-likeness (QED) is 0.536. The highest BCUT2D eigenvalue weighted by Crippen LogP contribution is 2.08. The van der Waals surface area contributed by atoms with Crippen molar-refractivity contribution in [2.45, 2.75) is 17.7 Å². The van der Waals surface area contributed by atoms with Gasteiger partial charge in [0.1, 0.15) is 4.90 Å². The molecule has 0 aromatic carbocycles. The van der Waals surface area contributed by atoms with Crippen molar-refractivity contribution in [3.05, 3.63) is 24.0 Å². The van der Waals surface area contributed by atoms with Gasteiger partial charge in [0.2, 0.25) is 10.0 Å². The van der Waals surface area contributed by atoms with Crippen LogP contribution < -0.4 is 4.72 Å². The van der Waals surface area contributed by atoms with E-state index in [-0.39, 0.29) is 18.0 Å². The fraction of sp³-hybridized carbons (Fsp3) is 0.462. The van der Waals surface area contributed by atoms with Crippen molar-refractivity contribution < 1.29 is 17.7 Å². The molecule has 0 saturated carbocycles. The summed E-state index contributed by atoms with van der Waals surface area (Å²) < 4.78 is 37.4. The Hall–Kier alpha value is -1.27. The van der Waals surface area contributed by atoms with Crippen LogP contribution in [0.5, 0.6) is 0 Å². The number of hydrogen-bond acceptors (Lipinski definition) is 5. The van der Waals surface area contributed by atoms with Crippen LogP contribution in [0.25, 0.3) is 0 Å². The molecule has 0 aliphatic carbocycles. The molecule has 0 fully saturated rings. The Morgan fingerprint density at radius 2 is 2.19 bits per heavy atom. The van der Waals surface area contributed by atoms with Gasteiger partial charge in [-0.2, -0.15) is 0 Å². The lowest BCUT2D eigenvalue weighted by molar-refractivity contribution is 0.305. The second-order valence-corrected chi connectivity index (χ2v) is 7.53. The molecule has 0 radical (unpaired) electrons. The van der Waals surface area contributed by atoms with Crippen molar-refractivity contribution in [1.29, 1.82) is 0 Å². The molecule has 1 rings (SSSR count). The molecule has 1 aromatic heterocycles. The van der Waals surface area contributed by atoms with Crippen molar-refractivity contribution >= 4 is 20.8 Å². The van der Waals surface area contributed by atoms with Gasteiger partial charge >= 0.3 is 0 Å². The van der Waals surface area contributed by atoms with Gasteiger partial charge in [-0.1, -0.05) is 11.8 Å². The Labute approximate surface area is 127 Å². The summed E-state index contributed by atoms with van der Waals surface area (Å²) in [5.74, 6) is 5.89. The summed E-state index contributed by atoms with van der Waals surface area (Å²) in [5, 5.41) is 8.64. The topological polar surface area (TPSA) is 96.4 Å². The van der Waals surface area contributed by atoms with E-state index in [9.17, 15) is 12.6 Å². The molecule has 1 unspecified atom stereocenters. The van der Waals surface area contributed by atoms with Crippen LogP contribution in [0.15, 0.2) is 23.4 Å². The maximum Gasteiger partial charge on any atom is 0.242 e. The van der Waals surface area contributed by atoms with Gasteiger partial charge in [0, 0.05) is 53.7 Å². The SMILES string of the molecule is CS(=O)CCCNS(=O)(=O)c1cncc(C#CCCO)c1. The first-order valence-electron chi connectivity index (χ1n) is 6.30. The van der Waals surface area contributed by atoms with Gasteiger partial charge in [0.15, 0.2) is 0 Å². The van der Waals surface area contributed by atoms with Crippen molar-refractivity contribution in [3.63, 3.8) is 0 Å². The second kappa shape index (κ2) is 8.89. The Morgan fingerprint density at radius 3 is 2.86 bits per heavy atom. The number of pyridine rings is 1. The fourth-order valence-electron chi connectivity index (χ4n) is 1.42. The highest BCUT2D eigenvalue weighted by Gasteiger charge is 2.14. The zero-order chi connectivity index (χ0) is 15.7. The molecule has 8 heteroatoms. The first kappa shape index (κ1) is 17.8. The minimum absolute atomic E-state index is 0.0379. The third kappa shape index (κ3) is 6.82.